The smallest absolute Gasteiger partial charge is 0.234 e. The summed E-state index contributed by atoms with van der Waals surface area (Å²) in [6.45, 7) is 13.3. The summed E-state index contributed by atoms with van der Waals surface area (Å²) in [5.74, 6) is 0.992. The zero-order chi connectivity index (χ0) is 15.1. The fourth-order valence-electron chi connectivity index (χ4n) is 2.09. The molecule has 0 radical (unpaired) electrons. The SMILES string of the molecule is CC(C)CNC(=O)CN1CCN(CC(=O)C(C)C)CC1. The number of hydrogen-bond acceptors (Lipinski definition) is 4. The van der Waals surface area contributed by atoms with Gasteiger partial charge in [0.05, 0.1) is 13.1 Å². The molecule has 1 saturated heterocycles. The van der Waals surface area contributed by atoms with E-state index in [1.165, 1.54) is 0 Å². The van der Waals surface area contributed by atoms with Gasteiger partial charge in [-0.05, 0) is 5.92 Å². The molecule has 1 aliphatic heterocycles. The molecule has 0 atom stereocenters. The van der Waals surface area contributed by atoms with E-state index in [-0.39, 0.29) is 11.8 Å². The van der Waals surface area contributed by atoms with Gasteiger partial charge in [0.1, 0.15) is 5.78 Å². The summed E-state index contributed by atoms with van der Waals surface area (Å²) >= 11 is 0. The Kier molecular flexibility index (Phi) is 7.16. The molecule has 1 fully saturated rings. The minimum absolute atomic E-state index is 0.102. The van der Waals surface area contributed by atoms with E-state index >= 15 is 0 Å². The largest absolute Gasteiger partial charge is 0.355 e. The molecule has 20 heavy (non-hydrogen) atoms. The highest BCUT2D eigenvalue weighted by atomic mass is 16.2. The maximum atomic E-state index is 11.7. The predicted octanol–water partition coefficient (Wildman–Crippen LogP) is 0.601. The van der Waals surface area contributed by atoms with Gasteiger partial charge in [0.25, 0.3) is 0 Å². The molecule has 0 spiro atoms. The standard InChI is InChI=1S/C15H29N3O2/c1-12(2)9-16-15(20)11-18-7-5-17(6-8-18)10-14(19)13(3)4/h12-13H,5-11H2,1-4H3,(H,16,20). The van der Waals surface area contributed by atoms with Crippen molar-refractivity contribution in [3.63, 3.8) is 0 Å². The highest BCUT2D eigenvalue weighted by molar-refractivity contribution is 5.82. The number of hydrogen-bond donors (Lipinski definition) is 1. The third-order valence-electron chi connectivity index (χ3n) is 3.56. The van der Waals surface area contributed by atoms with Crippen molar-refractivity contribution in [3.05, 3.63) is 0 Å². The topological polar surface area (TPSA) is 52.7 Å². The zero-order valence-corrected chi connectivity index (χ0v) is 13.3. The van der Waals surface area contributed by atoms with Crippen LogP contribution in [0.5, 0.6) is 0 Å². The molecule has 0 saturated carbocycles. The molecule has 0 unspecified atom stereocenters. The zero-order valence-electron chi connectivity index (χ0n) is 13.3. The summed E-state index contributed by atoms with van der Waals surface area (Å²) in [4.78, 5) is 27.8. The van der Waals surface area contributed by atoms with E-state index in [0.29, 0.717) is 24.8 Å². The Balaban J connectivity index is 2.22. The second-order valence-electron chi connectivity index (χ2n) is 6.37. The third-order valence-corrected chi connectivity index (χ3v) is 3.56. The Bertz CT molecular complexity index is 321. The minimum atomic E-state index is 0.102. The Morgan fingerprint density at radius 3 is 1.90 bits per heavy atom. The van der Waals surface area contributed by atoms with Gasteiger partial charge in [0, 0.05) is 38.6 Å². The van der Waals surface area contributed by atoms with Gasteiger partial charge in [-0.25, -0.2) is 0 Å². The first-order valence-electron chi connectivity index (χ1n) is 7.62. The lowest BCUT2D eigenvalue weighted by atomic mass is 10.1. The Morgan fingerprint density at radius 2 is 1.45 bits per heavy atom. The van der Waals surface area contributed by atoms with Gasteiger partial charge >= 0.3 is 0 Å². The number of piperazine rings is 1. The number of amides is 1. The van der Waals surface area contributed by atoms with Crippen LogP contribution in [-0.2, 0) is 9.59 Å². The molecule has 0 aromatic carbocycles. The van der Waals surface area contributed by atoms with Gasteiger partial charge in [-0.15, -0.1) is 0 Å². The molecule has 0 bridgehead atoms. The van der Waals surface area contributed by atoms with Crippen LogP contribution in [0.4, 0.5) is 0 Å². The Hall–Kier alpha value is -0.940. The maximum absolute atomic E-state index is 11.7. The number of Topliss-reactive ketones (excluding diaryl/α,β-unsaturated/α-hetero) is 1. The first-order chi connectivity index (χ1) is 9.38. The third kappa shape index (κ3) is 6.48. The van der Waals surface area contributed by atoms with E-state index in [2.05, 4.69) is 29.0 Å². The fourth-order valence-corrected chi connectivity index (χ4v) is 2.09. The molecule has 1 rings (SSSR count). The van der Waals surface area contributed by atoms with E-state index in [4.69, 9.17) is 0 Å². The summed E-state index contributed by atoms with van der Waals surface area (Å²) in [5, 5.41) is 2.94. The first kappa shape index (κ1) is 17.1. The molecule has 1 heterocycles. The monoisotopic (exact) mass is 283 g/mol. The van der Waals surface area contributed by atoms with Gasteiger partial charge in [0.15, 0.2) is 0 Å². The van der Waals surface area contributed by atoms with Crippen LogP contribution in [0.25, 0.3) is 0 Å². The van der Waals surface area contributed by atoms with E-state index in [0.717, 1.165) is 32.7 Å². The number of carbonyl (C=O) groups excluding carboxylic acids is 2. The highest BCUT2D eigenvalue weighted by Crippen LogP contribution is 2.04. The van der Waals surface area contributed by atoms with Crippen molar-refractivity contribution in [3.8, 4) is 0 Å². The number of rotatable bonds is 7. The van der Waals surface area contributed by atoms with Crippen molar-refractivity contribution >= 4 is 11.7 Å². The van der Waals surface area contributed by atoms with Crippen molar-refractivity contribution in [2.24, 2.45) is 11.8 Å². The molecular weight excluding hydrogens is 254 g/mol. The quantitative estimate of drug-likeness (QED) is 0.743. The van der Waals surface area contributed by atoms with Crippen LogP contribution < -0.4 is 5.32 Å². The Morgan fingerprint density at radius 1 is 0.950 bits per heavy atom. The average Bonchev–Trinajstić information content (AvgIpc) is 2.38. The number of nitrogens with zero attached hydrogens (tertiary/aromatic N) is 2. The maximum Gasteiger partial charge on any atom is 0.234 e. The molecule has 5 nitrogen and oxygen atoms in total. The molecule has 0 aromatic rings. The van der Waals surface area contributed by atoms with Gasteiger partial charge in [0.2, 0.25) is 5.91 Å². The van der Waals surface area contributed by atoms with Crippen LogP contribution in [0.3, 0.4) is 0 Å². The Labute approximate surface area is 122 Å². The van der Waals surface area contributed by atoms with Crippen LogP contribution >= 0.6 is 0 Å². The van der Waals surface area contributed by atoms with E-state index in [1.54, 1.807) is 0 Å². The second-order valence-corrected chi connectivity index (χ2v) is 6.37. The minimum Gasteiger partial charge on any atom is -0.355 e. The summed E-state index contributed by atoms with van der Waals surface area (Å²) in [7, 11) is 0. The summed E-state index contributed by atoms with van der Waals surface area (Å²) in [6, 6.07) is 0. The second kappa shape index (κ2) is 8.37. The molecule has 5 heteroatoms. The van der Waals surface area contributed by atoms with Crippen LogP contribution in [0, 0.1) is 11.8 Å². The van der Waals surface area contributed by atoms with Crippen molar-refractivity contribution in [1.29, 1.82) is 0 Å². The number of carbonyl (C=O) groups is 2. The fraction of sp³-hybridized carbons (Fsp3) is 0.867. The molecule has 1 amide bonds. The lowest BCUT2D eigenvalue weighted by molar-refractivity contribution is -0.125. The summed E-state index contributed by atoms with van der Waals surface area (Å²) < 4.78 is 0. The molecular formula is C15H29N3O2. The normalized spacial score (nSPS) is 17.7. The number of ketones is 1. The van der Waals surface area contributed by atoms with Crippen LogP contribution in [0.1, 0.15) is 27.7 Å². The van der Waals surface area contributed by atoms with Crippen molar-refractivity contribution < 1.29 is 9.59 Å². The van der Waals surface area contributed by atoms with Crippen molar-refractivity contribution in [2.75, 3.05) is 45.8 Å². The summed E-state index contributed by atoms with van der Waals surface area (Å²) in [6.07, 6.45) is 0. The van der Waals surface area contributed by atoms with Crippen LogP contribution in [0.2, 0.25) is 0 Å². The molecule has 1 aliphatic rings. The molecule has 116 valence electrons. The summed E-state index contributed by atoms with van der Waals surface area (Å²) in [5.41, 5.74) is 0. The van der Waals surface area contributed by atoms with Crippen molar-refractivity contribution in [2.45, 2.75) is 27.7 Å². The van der Waals surface area contributed by atoms with Crippen LogP contribution in [-0.4, -0.2) is 67.3 Å². The molecule has 0 aliphatic carbocycles. The van der Waals surface area contributed by atoms with Gasteiger partial charge in [-0.1, -0.05) is 27.7 Å². The molecule has 0 aromatic heterocycles. The van der Waals surface area contributed by atoms with Gasteiger partial charge in [-0.3, -0.25) is 19.4 Å². The van der Waals surface area contributed by atoms with E-state index in [1.807, 2.05) is 13.8 Å². The molecule has 1 N–H and O–H groups in total. The van der Waals surface area contributed by atoms with Crippen molar-refractivity contribution in [1.82, 2.24) is 15.1 Å². The van der Waals surface area contributed by atoms with E-state index in [9.17, 15) is 9.59 Å². The highest BCUT2D eigenvalue weighted by Gasteiger charge is 2.21. The lowest BCUT2D eigenvalue weighted by Gasteiger charge is -2.34. The average molecular weight is 283 g/mol. The van der Waals surface area contributed by atoms with E-state index < -0.39 is 0 Å². The van der Waals surface area contributed by atoms with Crippen LogP contribution in [0.15, 0.2) is 0 Å². The number of nitrogens with one attached hydrogen (secondary N) is 1. The van der Waals surface area contributed by atoms with Gasteiger partial charge < -0.3 is 5.32 Å². The lowest BCUT2D eigenvalue weighted by Crippen LogP contribution is -2.51. The van der Waals surface area contributed by atoms with Gasteiger partial charge in [-0.2, -0.15) is 0 Å². The predicted molar refractivity (Wildman–Crippen MR) is 80.6 cm³/mol. The first-order valence-corrected chi connectivity index (χ1v) is 7.62.